The predicted octanol–water partition coefficient (Wildman–Crippen LogP) is 3.05. The number of aryl methyl sites for hydroxylation is 1. The Morgan fingerprint density at radius 3 is 3.00 bits per heavy atom. The predicted molar refractivity (Wildman–Crippen MR) is 84.2 cm³/mol. The van der Waals surface area contributed by atoms with Crippen LogP contribution in [0.15, 0.2) is 35.1 Å². The average Bonchev–Trinajstić information content (AvgIpc) is 3.25. The molecular formula is C16H21N5O. The van der Waals surface area contributed by atoms with E-state index in [1.165, 1.54) is 11.3 Å². The zero-order valence-electron chi connectivity index (χ0n) is 13.1. The lowest BCUT2D eigenvalue weighted by Crippen LogP contribution is -2.19. The molecule has 0 saturated heterocycles. The first-order valence-electron chi connectivity index (χ1n) is 7.53. The molecule has 0 aromatic carbocycles. The Hall–Kier alpha value is -2.34. The van der Waals surface area contributed by atoms with Crippen molar-refractivity contribution in [3.63, 3.8) is 0 Å². The lowest BCUT2D eigenvalue weighted by atomic mass is 10.1. The molecule has 0 aliphatic carbocycles. The van der Waals surface area contributed by atoms with Crippen molar-refractivity contribution in [3.05, 3.63) is 47.6 Å². The van der Waals surface area contributed by atoms with E-state index in [9.17, 15) is 0 Å². The molecule has 116 valence electrons. The summed E-state index contributed by atoms with van der Waals surface area (Å²) in [5.74, 6) is 0.774. The summed E-state index contributed by atoms with van der Waals surface area (Å²) in [5.41, 5.74) is 4.29. The number of hydrogen-bond donors (Lipinski definition) is 2. The highest BCUT2D eigenvalue weighted by molar-refractivity contribution is 5.51. The molecule has 1 unspecified atom stereocenters. The largest absolute Gasteiger partial charge is 0.463 e. The van der Waals surface area contributed by atoms with Crippen LogP contribution in [0.1, 0.15) is 36.8 Å². The van der Waals surface area contributed by atoms with Crippen LogP contribution in [0.25, 0.3) is 11.5 Å². The molecule has 22 heavy (non-hydrogen) atoms. The maximum absolute atomic E-state index is 5.34. The molecule has 2 N–H and O–H groups in total. The van der Waals surface area contributed by atoms with Gasteiger partial charge in [-0.2, -0.15) is 10.2 Å². The third kappa shape index (κ3) is 2.82. The number of nitrogens with one attached hydrogen (secondary N) is 2. The lowest BCUT2D eigenvalue weighted by Gasteiger charge is -2.13. The normalized spacial score (nSPS) is 12.7. The Bertz CT molecular complexity index is 726. The van der Waals surface area contributed by atoms with Crippen LogP contribution in [0.5, 0.6) is 0 Å². The zero-order valence-corrected chi connectivity index (χ0v) is 13.1. The van der Waals surface area contributed by atoms with E-state index in [1.54, 1.807) is 6.26 Å². The van der Waals surface area contributed by atoms with Crippen LogP contribution in [0.3, 0.4) is 0 Å². The molecule has 0 aliphatic rings. The van der Waals surface area contributed by atoms with Crippen molar-refractivity contribution in [3.8, 4) is 11.5 Å². The molecule has 0 spiro atoms. The van der Waals surface area contributed by atoms with Gasteiger partial charge in [-0.3, -0.25) is 9.78 Å². The van der Waals surface area contributed by atoms with Gasteiger partial charge in [0.1, 0.15) is 5.69 Å². The van der Waals surface area contributed by atoms with Crippen LogP contribution < -0.4 is 5.32 Å². The number of rotatable bonds is 6. The van der Waals surface area contributed by atoms with Crippen molar-refractivity contribution in [2.24, 2.45) is 0 Å². The van der Waals surface area contributed by atoms with Gasteiger partial charge >= 0.3 is 0 Å². The summed E-state index contributed by atoms with van der Waals surface area (Å²) in [6, 6.07) is 5.99. The number of aromatic nitrogens is 4. The molecule has 6 heteroatoms. The zero-order chi connectivity index (χ0) is 15.5. The third-order valence-electron chi connectivity index (χ3n) is 3.91. The summed E-state index contributed by atoms with van der Waals surface area (Å²) in [6.45, 7) is 7.96. The number of hydrogen-bond acceptors (Lipinski definition) is 4. The standard InChI is InChI=1S/C16H21N5O/c1-4-21-12(3)14(10-18-21)11(2)17-9-13-8-15(20-19-13)16-6-5-7-22-16/h5-8,10-11,17H,4,9H2,1-3H3,(H,19,20). The molecule has 3 aromatic heterocycles. The quantitative estimate of drug-likeness (QED) is 0.734. The fraction of sp³-hybridized carbons (Fsp3) is 0.375. The minimum absolute atomic E-state index is 0.232. The first-order valence-corrected chi connectivity index (χ1v) is 7.53. The Balaban J connectivity index is 1.63. The van der Waals surface area contributed by atoms with Gasteiger partial charge in [0, 0.05) is 36.1 Å². The molecular weight excluding hydrogens is 278 g/mol. The van der Waals surface area contributed by atoms with Crippen LogP contribution in [-0.4, -0.2) is 20.0 Å². The summed E-state index contributed by atoms with van der Waals surface area (Å²) in [7, 11) is 0. The number of H-pyrrole nitrogens is 1. The van der Waals surface area contributed by atoms with Crippen LogP contribution in [0, 0.1) is 6.92 Å². The van der Waals surface area contributed by atoms with Crippen molar-refractivity contribution in [1.82, 2.24) is 25.3 Å². The van der Waals surface area contributed by atoms with Gasteiger partial charge in [0.25, 0.3) is 0 Å². The molecule has 0 amide bonds. The smallest absolute Gasteiger partial charge is 0.154 e. The molecule has 6 nitrogen and oxygen atoms in total. The fourth-order valence-corrected chi connectivity index (χ4v) is 2.58. The van der Waals surface area contributed by atoms with E-state index in [1.807, 2.05) is 29.1 Å². The first kappa shape index (κ1) is 14.6. The Morgan fingerprint density at radius 1 is 1.45 bits per heavy atom. The van der Waals surface area contributed by atoms with Crippen LogP contribution in [0.4, 0.5) is 0 Å². The monoisotopic (exact) mass is 299 g/mol. The van der Waals surface area contributed by atoms with Crippen molar-refractivity contribution in [1.29, 1.82) is 0 Å². The summed E-state index contributed by atoms with van der Waals surface area (Å²) in [5, 5.41) is 15.2. The Morgan fingerprint density at radius 2 is 2.32 bits per heavy atom. The molecule has 3 heterocycles. The lowest BCUT2D eigenvalue weighted by molar-refractivity contribution is 0.560. The summed E-state index contributed by atoms with van der Waals surface area (Å²) in [4.78, 5) is 0. The highest BCUT2D eigenvalue weighted by Crippen LogP contribution is 2.19. The molecule has 0 aliphatic heterocycles. The highest BCUT2D eigenvalue weighted by Gasteiger charge is 2.13. The minimum atomic E-state index is 0.232. The van der Waals surface area contributed by atoms with E-state index < -0.39 is 0 Å². The second-order valence-corrected chi connectivity index (χ2v) is 5.36. The van der Waals surface area contributed by atoms with Crippen molar-refractivity contribution >= 4 is 0 Å². The van der Waals surface area contributed by atoms with Crippen LogP contribution in [0.2, 0.25) is 0 Å². The van der Waals surface area contributed by atoms with Gasteiger partial charge < -0.3 is 9.73 Å². The van der Waals surface area contributed by atoms with Crippen molar-refractivity contribution in [2.45, 2.75) is 39.9 Å². The first-order chi connectivity index (χ1) is 10.7. The van der Waals surface area contributed by atoms with Gasteiger partial charge in [0.05, 0.1) is 12.5 Å². The summed E-state index contributed by atoms with van der Waals surface area (Å²) in [6.07, 6.45) is 3.59. The average molecular weight is 299 g/mol. The van der Waals surface area contributed by atoms with Crippen molar-refractivity contribution < 1.29 is 4.42 Å². The van der Waals surface area contributed by atoms with Gasteiger partial charge in [-0.05, 0) is 39.0 Å². The summed E-state index contributed by atoms with van der Waals surface area (Å²) < 4.78 is 7.36. The SMILES string of the molecule is CCn1ncc(C(C)NCc2cc(-c3ccco3)n[nH]2)c1C. The molecule has 0 bridgehead atoms. The van der Waals surface area contributed by atoms with E-state index >= 15 is 0 Å². The van der Waals surface area contributed by atoms with Gasteiger partial charge in [-0.25, -0.2) is 0 Å². The summed E-state index contributed by atoms with van der Waals surface area (Å²) >= 11 is 0. The fourth-order valence-electron chi connectivity index (χ4n) is 2.58. The molecule has 3 rings (SSSR count). The molecule has 1 atom stereocenters. The van der Waals surface area contributed by atoms with Crippen LogP contribution in [-0.2, 0) is 13.1 Å². The van der Waals surface area contributed by atoms with E-state index in [0.717, 1.165) is 23.7 Å². The topological polar surface area (TPSA) is 71.7 Å². The van der Waals surface area contributed by atoms with Crippen molar-refractivity contribution in [2.75, 3.05) is 0 Å². The van der Waals surface area contributed by atoms with Crippen LogP contribution >= 0.6 is 0 Å². The van der Waals surface area contributed by atoms with E-state index in [-0.39, 0.29) is 6.04 Å². The van der Waals surface area contributed by atoms with Gasteiger partial charge in [-0.1, -0.05) is 0 Å². The second kappa shape index (κ2) is 6.19. The number of aromatic amines is 1. The highest BCUT2D eigenvalue weighted by atomic mass is 16.3. The van der Waals surface area contributed by atoms with E-state index in [0.29, 0.717) is 6.54 Å². The van der Waals surface area contributed by atoms with E-state index in [2.05, 4.69) is 41.4 Å². The molecule has 0 fully saturated rings. The third-order valence-corrected chi connectivity index (χ3v) is 3.91. The van der Waals surface area contributed by atoms with Gasteiger partial charge in [0.2, 0.25) is 0 Å². The maximum Gasteiger partial charge on any atom is 0.154 e. The van der Waals surface area contributed by atoms with Gasteiger partial charge in [0.15, 0.2) is 5.76 Å². The maximum atomic E-state index is 5.34. The minimum Gasteiger partial charge on any atom is -0.463 e. The molecule has 3 aromatic rings. The second-order valence-electron chi connectivity index (χ2n) is 5.36. The molecule has 0 radical (unpaired) electrons. The van der Waals surface area contributed by atoms with E-state index in [4.69, 9.17) is 4.42 Å². The number of furan rings is 1. The molecule has 0 saturated carbocycles. The van der Waals surface area contributed by atoms with Gasteiger partial charge in [-0.15, -0.1) is 0 Å². The Labute approximate surface area is 129 Å². The number of nitrogens with zero attached hydrogens (tertiary/aromatic N) is 3. The Kier molecular flexibility index (Phi) is 4.11.